The number of carbonyl (C=O) groups is 1. The fourth-order valence-corrected chi connectivity index (χ4v) is 4.10. The molecule has 3 heterocycles. The van der Waals surface area contributed by atoms with Crippen LogP contribution < -0.4 is 10.1 Å². The highest BCUT2D eigenvalue weighted by Crippen LogP contribution is 2.24. The second-order valence-electron chi connectivity index (χ2n) is 5.68. The Bertz CT molecular complexity index is 1040. The molecule has 1 aromatic carbocycles. The number of carbonyl (C=O) groups excluding carboxylic acids is 1. The molecule has 0 saturated heterocycles. The van der Waals surface area contributed by atoms with Crippen LogP contribution in [-0.2, 0) is 11.2 Å². The standard InChI is InChI=1S/C18H15ClN4O2S2/c19-12-3-5-14(6-4-12)25-10-16(24)20-8-7-13-11-27-18-21-17(22-23(13)18)15-2-1-9-26-15/h1-6,9,11H,7-8,10H2,(H,20,24). The van der Waals surface area contributed by atoms with Crippen molar-refractivity contribution in [2.45, 2.75) is 6.42 Å². The normalized spacial score (nSPS) is 11.0. The van der Waals surface area contributed by atoms with Crippen LogP contribution in [0.1, 0.15) is 5.69 Å². The number of thiophene rings is 1. The number of ether oxygens (including phenoxy) is 1. The van der Waals surface area contributed by atoms with E-state index in [0.29, 0.717) is 23.7 Å². The molecule has 6 nitrogen and oxygen atoms in total. The second-order valence-corrected chi connectivity index (χ2v) is 7.90. The van der Waals surface area contributed by atoms with Crippen molar-refractivity contribution in [1.82, 2.24) is 19.9 Å². The first-order valence-electron chi connectivity index (χ1n) is 8.21. The van der Waals surface area contributed by atoms with Crippen LogP contribution in [0.3, 0.4) is 0 Å². The van der Waals surface area contributed by atoms with Gasteiger partial charge < -0.3 is 10.1 Å². The number of fused-ring (bicyclic) bond motifs is 1. The van der Waals surface area contributed by atoms with E-state index in [1.807, 2.05) is 27.4 Å². The Morgan fingerprint density at radius 2 is 2.07 bits per heavy atom. The number of aromatic nitrogens is 3. The summed E-state index contributed by atoms with van der Waals surface area (Å²) in [7, 11) is 0. The van der Waals surface area contributed by atoms with Gasteiger partial charge in [-0.05, 0) is 35.7 Å². The number of thiazole rings is 1. The summed E-state index contributed by atoms with van der Waals surface area (Å²) in [6.45, 7) is 0.468. The van der Waals surface area contributed by atoms with Crippen molar-refractivity contribution in [2.75, 3.05) is 13.2 Å². The van der Waals surface area contributed by atoms with Crippen LogP contribution in [0.15, 0.2) is 47.2 Å². The Hall–Kier alpha value is -2.42. The van der Waals surface area contributed by atoms with E-state index in [0.717, 1.165) is 21.4 Å². The molecule has 0 saturated carbocycles. The van der Waals surface area contributed by atoms with Crippen LogP contribution >= 0.6 is 34.3 Å². The van der Waals surface area contributed by atoms with Gasteiger partial charge in [0.05, 0.1) is 10.6 Å². The average molecular weight is 419 g/mol. The first-order valence-corrected chi connectivity index (χ1v) is 10.3. The SMILES string of the molecule is O=C(COc1ccc(Cl)cc1)NCCc1csc2nc(-c3cccs3)nn12. The predicted molar refractivity (Wildman–Crippen MR) is 108 cm³/mol. The molecule has 0 aliphatic heterocycles. The third-order valence-corrected chi connectivity index (χ3v) is 5.76. The van der Waals surface area contributed by atoms with Gasteiger partial charge in [0.25, 0.3) is 5.91 Å². The number of hydrogen-bond acceptors (Lipinski definition) is 6. The van der Waals surface area contributed by atoms with E-state index in [-0.39, 0.29) is 12.5 Å². The van der Waals surface area contributed by atoms with Gasteiger partial charge in [-0.15, -0.1) is 27.8 Å². The number of hydrogen-bond donors (Lipinski definition) is 1. The first kappa shape index (κ1) is 18.0. The van der Waals surface area contributed by atoms with Crippen molar-refractivity contribution in [3.63, 3.8) is 0 Å². The molecule has 0 radical (unpaired) electrons. The van der Waals surface area contributed by atoms with Gasteiger partial charge in [0.15, 0.2) is 12.4 Å². The molecular formula is C18H15ClN4O2S2. The summed E-state index contributed by atoms with van der Waals surface area (Å²) in [5.41, 5.74) is 1.02. The highest BCUT2D eigenvalue weighted by molar-refractivity contribution is 7.15. The Labute approximate surface area is 168 Å². The van der Waals surface area contributed by atoms with Crippen molar-refractivity contribution in [1.29, 1.82) is 0 Å². The minimum atomic E-state index is -0.172. The number of nitrogens with zero attached hydrogens (tertiary/aromatic N) is 3. The van der Waals surface area contributed by atoms with Crippen LogP contribution in [0, 0.1) is 0 Å². The Morgan fingerprint density at radius 3 is 2.85 bits per heavy atom. The van der Waals surface area contributed by atoms with Crippen molar-refractivity contribution in [2.24, 2.45) is 0 Å². The van der Waals surface area contributed by atoms with Crippen LogP contribution in [0.5, 0.6) is 5.75 Å². The lowest BCUT2D eigenvalue weighted by Crippen LogP contribution is -2.30. The van der Waals surface area contributed by atoms with Crippen molar-refractivity contribution in [3.8, 4) is 16.5 Å². The zero-order valence-corrected chi connectivity index (χ0v) is 16.5. The molecule has 4 rings (SSSR count). The summed E-state index contributed by atoms with van der Waals surface area (Å²) in [5.74, 6) is 1.17. The highest BCUT2D eigenvalue weighted by atomic mass is 35.5. The molecule has 1 N–H and O–H groups in total. The van der Waals surface area contributed by atoms with Crippen molar-refractivity contribution >= 4 is 45.1 Å². The number of amides is 1. The summed E-state index contributed by atoms with van der Waals surface area (Å²) in [6.07, 6.45) is 0.667. The summed E-state index contributed by atoms with van der Waals surface area (Å²) in [6, 6.07) is 10.9. The molecule has 0 bridgehead atoms. The molecular weight excluding hydrogens is 404 g/mol. The van der Waals surface area contributed by atoms with Crippen LogP contribution in [0.25, 0.3) is 15.7 Å². The quantitative estimate of drug-likeness (QED) is 0.494. The van der Waals surface area contributed by atoms with E-state index < -0.39 is 0 Å². The number of benzene rings is 1. The highest BCUT2D eigenvalue weighted by Gasteiger charge is 2.12. The van der Waals surface area contributed by atoms with Crippen LogP contribution in [-0.4, -0.2) is 33.7 Å². The van der Waals surface area contributed by atoms with Crippen molar-refractivity contribution in [3.05, 3.63) is 57.9 Å². The molecule has 27 heavy (non-hydrogen) atoms. The number of rotatable bonds is 7. The Morgan fingerprint density at radius 1 is 1.22 bits per heavy atom. The summed E-state index contributed by atoms with van der Waals surface area (Å²) < 4.78 is 7.27. The number of halogens is 1. The lowest BCUT2D eigenvalue weighted by Gasteiger charge is -2.07. The fourth-order valence-electron chi connectivity index (χ4n) is 2.47. The Balaban J connectivity index is 1.29. The molecule has 0 spiro atoms. The molecule has 0 aliphatic rings. The topological polar surface area (TPSA) is 68.5 Å². The van der Waals surface area contributed by atoms with Gasteiger partial charge in [0, 0.05) is 23.4 Å². The largest absolute Gasteiger partial charge is 0.484 e. The summed E-state index contributed by atoms with van der Waals surface area (Å²) in [4.78, 5) is 18.4. The van der Waals surface area contributed by atoms with E-state index in [1.165, 1.54) is 0 Å². The zero-order valence-electron chi connectivity index (χ0n) is 14.1. The molecule has 0 atom stereocenters. The van der Waals surface area contributed by atoms with E-state index in [9.17, 15) is 4.79 Å². The average Bonchev–Trinajstić information content (AvgIpc) is 3.39. The van der Waals surface area contributed by atoms with E-state index in [2.05, 4.69) is 15.4 Å². The maximum Gasteiger partial charge on any atom is 0.257 e. The molecule has 138 valence electrons. The molecule has 1 amide bonds. The summed E-state index contributed by atoms with van der Waals surface area (Å²) in [5, 5.41) is 12.1. The lowest BCUT2D eigenvalue weighted by molar-refractivity contribution is -0.123. The molecule has 0 unspecified atom stereocenters. The van der Waals surface area contributed by atoms with E-state index in [4.69, 9.17) is 16.3 Å². The molecule has 3 aromatic heterocycles. The van der Waals surface area contributed by atoms with Crippen molar-refractivity contribution < 1.29 is 9.53 Å². The summed E-state index contributed by atoms with van der Waals surface area (Å²) >= 11 is 8.98. The lowest BCUT2D eigenvalue weighted by atomic mass is 10.3. The van der Waals surface area contributed by atoms with Gasteiger partial charge in [-0.1, -0.05) is 17.7 Å². The molecule has 0 fully saturated rings. The van der Waals surface area contributed by atoms with Gasteiger partial charge in [-0.3, -0.25) is 4.79 Å². The zero-order chi connectivity index (χ0) is 18.6. The van der Waals surface area contributed by atoms with E-state index >= 15 is 0 Å². The Kier molecular flexibility index (Phi) is 5.38. The minimum absolute atomic E-state index is 0.0352. The van der Waals surface area contributed by atoms with Gasteiger partial charge in [-0.2, -0.15) is 4.98 Å². The predicted octanol–water partition coefficient (Wildman–Crippen LogP) is 3.91. The smallest absolute Gasteiger partial charge is 0.257 e. The molecule has 0 aliphatic carbocycles. The third kappa shape index (κ3) is 4.29. The van der Waals surface area contributed by atoms with Gasteiger partial charge in [0.1, 0.15) is 5.75 Å². The third-order valence-electron chi connectivity index (χ3n) is 3.78. The maximum atomic E-state index is 11.9. The number of nitrogens with one attached hydrogen (secondary N) is 1. The van der Waals surface area contributed by atoms with Gasteiger partial charge in [0.2, 0.25) is 4.96 Å². The van der Waals surface area contributed by atoms with Gasteiger partial charge in [-0.25, -0.2) is 4.52 Å². The maximum absolute atomic E-state index is 11.9. The second kappa shape index (κ2) is 8.08. The minimum Gasteiger partial charge on any atom is -0.484 e. The van der Waals surface area contributed by atoms with Crippen LogP contribution in [0.4, 0.5) is 0 Å². The van der Waals surface area contributed by atoms with Gasteiger partial charge >= 0.3 is 0 Å². The first-order chi connectivity index (χ1) is 13.2. The molecule has 4 aromatic rings. The molecule has 9 heteroatoms. The van der Waals surface area contributed by atoms with E-state index in [1.54, 1.807) is 46.9 Å². The fraction of sp³-hybridized carbons (Fsp3) is 0.167. The monoisotopic (exact) mass is 418 g/mol. The van der Waals surface area contributed by atoms with Crippen LogP contribution in [0.2, 0.25) is 5.02 Å².